The Balaban J connectivity index is 2.70. The predicted molar refractivity (Wildman–Crippen MR) is 59.0 cm³/mol. The topological polar surface area (TPSA) is 33.1 Å². The fourth-order valence-corrected chi connectivity index (χ4v) is 1.26. The molecule has 1 unspecified atom stereocenters. The minimum Gasteiger partial charge on any atom is -0.388 e. The van der Waals surface area contributed by atoms with Crippen molar-refractivity contribution in [3.63, 3.8) is 0 Å². The van der Waals surface area contributed by atoms with Gasteiger partial charge >= 0.3 is 0 Å². The maximum Gasteiger partial charge on any atom is 0.216 e. The first-order chi connectivity index (χ1) is 6.39. The van der Waals surface area contributed by atoms with Crippen LogP contribution in [0.2, 0.25) is 0 Å². The monoisotopic (exact) mass is 253 g/mol. The number of hydrogen-bond acceptors (Lipinski definition) is 2. The fourth-order valence-electron chi connectivity index (χ4n) is 1.03. The summed E-state index contributed by atoms with van der Waals surface area (Å²) >= 11 is 16.6. The molecule has 1 heterocycles. The van der Waals surface area contributed by atoms with Crippen molar-refractivity contribution >= 4 is 34.8 Å². The third-order valence-electron chi connectivity index (χ3n) is 1.73. The lowest BCUT2D eigenvalue weighted by atomic mass is 10.2. The van der Waals surface area contributed by atoms with E-state index >= 15 is 0 Å². The van der Waals surface area contributed by atoms with Gasteiger partial charge in [-0.3, -0.25) is 4.98 Å². The molecular weight excluding hydrogens is 244 g/mol. The quantitative estimate of drug-likeness (QED) is 0.823. The second kappa shape index (κ2) is 4.67. The van der Waals surface area contributed by atoms with Crippen LogP contribution in [0.1, 0.15) is 11.4 Å². The molecule has 0 saturated carbocycles. The van der Waals surface area contributed by atoms with E-state index in [4.69, 9.17) is 34.8 Å². The fraction of sp³-hybridized carbons (Fsp3) is 0.444. The first kappa shape index (κ1) is 12.1. The van der Waals surface area contributed by atoms with Gasteiger partial charge in [0, 0.05) is 17.8 Å². The Morgan fingerprint density at radius 1 is 1.43 bits per heavy atom. The maximum atomic E-state index is 9.49. The Morgan fingerprint density at radius 3 is 2.57 bits per heavy atom. The normalized spacial score (nSPS) is 14.1. The van der Waals surface area contributed by atoms with Gasteiger partial charge in [-0.25, -0.2) is 0 Å². The zero-order chi connectivity index (χ0) is 10.8. The van der Waals surface area contributed by atoms with E-state index in [0.717, 1.165) is 5.69 Å². The smallest absolute Gasteiger partial charge is 0.216 e. The lowest BCUT2D eigenvalue weighted by Crippen LogP contribution is -2.27. The molecule has 2 nitrogen and oxygen atoms in total. The standard InChI is InChI=1S/C9H10Cl3NO/c1-6-3-2-4-7(13-6)5-8(14)9(10,11)12/h2-4,8,14H,5H2,1H3. The van der Waals surface area contributed by atoms with Gasteiger partial charge in [0.15, 0.2) is 0 Å². The van der Waals surface area contributed by atoms with Gasteiger partial charge in [0.2, 0.25) is 3.79 Å². The number of aliphatic hydroxyl groups excluding tert-OH is 1. The minimum atomic E-state index is -1.66. The van der Waals surface area contributed by atoms with Crippen molar-refractivity contribution in [2.45, 2.75) is 23.2 Å². The molecule has 0 radical (unpaired) electrons. The van der Waals surface area contributed by atoms with Crippen molar-refractivity contribution in [1.82, 2.24) is 4.98 Å². The molecule has 0 aliphatic carbocycles. The zero-order valence-corrected chi connectivity index (χ0v) is 9.81. The molecule has 0 bridgehead atoms. The molecule has 0 aliphatic rings. The molecule has 0 aliphatic heterocycles. The van der Waals surface area contributed by atoms with Crippen molar-refractivity contribution in [3.05, 3.63) is 29.6 Å². The molecule has 1 atom stereocenters. The Bertz CT molecular complexity index is 311. The third kappa shape index (κ3) is 3.62. The Hall–Kier alpha value is -0.0200. The highest BCUT2D eigenvalue weighted by Gasteiger charge is 2.30. The van der Waals surface area contributed by atoms with E-state index in [0.29, 0.717) is 5.69 Å². The Kier molecular flexibility index (Phi) is 4.02. The number of aromatic nitrogens is 1. The average molecular weight is 255 g/mol. The lowest BCUT2D eigenvalue weighted by Gasteiger charge is -2.18. The predicted octanol–water partition coefficient (Wildman–Crippen LogP) is 2.66. The highest BCUT2D eigenvalue weighted by atomic mass is 35.6. The van der Waals surface area contributed by atoms with E-state index < -0.39 is 9.90 Å². The third-order valence-corrected chi connectivity index (χ3v) is 2.48. The summed E-state index contributed by atoms with van der Waals surface area (Å²) in [5.41, 5.74) is 1.59. The van der Waals surface area contributed by atoms with Crippen LogP contribution in [0.15, 0.2) is 18.2 Å². The molecule has 5 heteroatoms. The highest BCUT2D eigenvalue weighted by Crippen LogP contribution is 2.31. The number of alkyl halides is 3. The SMILES string of the molecule is Cc1cccc(CC(O)C(Cl)(Cl)Cl)n1. The molecule has 1 aromatic rings. The Labute approximate surface area is 97.8 Å². The second-order valence-electron chi connectivity index (χ2n) is 3.03. The first-order valence-electron chi connectivity index (χ1n) is 4.07. The van der Waals surface area contributed by atoms with Gasteiger partial charge in [-0.2, -0.15) is 0 Å². The average Bonchev–Trinajstić information content (AvgIpc) is 2.02. The van der Waals surface area contributed by atoms with Crippen LogP contribution in [0.25, 0.3) is 0 Å². The van der Waals surface area contributed by atoms with E-state index in [1.165, 1.54) is 0 Å². The van der Waals surface area contributed by atoms with Crippen molar-refractivity contribution in [2.75, 3.05) is 0 Å². The first-order valence-corrected chi connectivity index (χ1v) is 5.20. The van der Waals surface area contributed by atoms with Crippen molar-refractivity contribution < 1.29 is 5.11 Å². The number of hydrogen-bond donors (Lipinski definition) is 1. The summed E-state index contributed by atoms with van der Waals surface area (Å²) in [6, 6.07) is 5.50. The summed E-state index contributed by atoms with van der Waals surface area (Å²) < 4.78 is -1.66. The second-order valence-corrected chi connectivity index (χ2v) is 5.40. The summed E-state index contributed by atoms with van der Waals surface area (Å²) in [7, 11) is 0. The maximum absolute atomic E-state index is 9.49. The van der Waals surface area contributed by atoms with E-state index in [1.54, 1.807) is 6.07 Å². The van der Waals surface area contributed by atoms with Crippen LogP contribution in [0.4, 0.5) is 0 Å². The van der Waals surface area contributed by atoms with Gasteiger partial charge < -0.3 is 5.11 Å². The van der Waals surface area contributed by atoms with Crippen LogP contribution in [-0.2, 0) is 6.42 Å². The van der Waals surface area contributed by atoms with Crippen LogP contribution < -0.4 is 0 Å². The van der Waals surface area contributed by atoms with Gasteiger partial charge in [-0.05, 0) is 19.1 Å². The molecule has 1 N–H and O–H groups in total. The van der Waals surface area contributed by atoms with Gasteiger partial charge in [-0.1, -0.05) is 40.9 Å². The number of rotatable bonds is 2. The zero-order valence-electron chi connectivity index (χ0n) is 7.54. The van der Waals surface area contributed by atoms with E-state index in [9.17, 15) is 5.11 Å². The largest absolute Gasteiger partial charge is 0.388 e. The molecule has 0 aromatic carbocycles. The number of nitrogens with zero attached hydrogens (tertiary/aromatic N) is 1. The minimum absolute atomic E-state index is 0.234. The molecular formula is C9H10Cl3NO. The summed E-state index contributed by atoms with van der Waals surface area (Å²) in [5, 5.41) is 9.49. The van der Waals surface area contributed by atoms with Crippen LogP contribution in [0.5, 0.6) is 0 Å². The summed E-state index contributed by atoms with van der Waals surface area (Å²) in [6.45, 7) is 1.87. The van der Waals surface area contributed by atoms with E-state index in [1.807, 2.05) is 19.1 Å². The van der Waals surface area contributed by atoms with E-state index in [2.05, 4.69) is 4.98 Å². The van der Waals surface area contributed by atoms with Gasteiger partial charge in [0.1, 0.15) is 6.10 Å². The van der Waals surface area contributed by atoms with E-state index in [-0.39, 0.29) is 6.42 Å². The summed E-state index contributed by atoms with van der Waals surface area (Å²) in [4.78, 5) is 4.19. The number of aryl methyl sites for hydroxylation is 1. The van der Waals surface area contributed by atoms with Crippen molar-refractivity contribution in [1.29, 1.82) is 0 Å². The molecule has 0 fully saturated rings. The summed E-state index contributed by atoms with van der Waals surface area (Å²) in [5.74, 6) is 0. The molecule has 1 aromatic heterocycles. The van der Waals surface area contributed by atoms with Crippen LogP contribution in [0, 0.1) is 6.92 Å². The molecule has 0 amide bonds. The number of pyridine rings is 1. The molecule has 0 saturated heterocycles. The highest BCUT2D eigenvalue weighted by molar-refractivity contribution is 6.68. The van der Waals surface area contributed by atoms with Crippen LogP contribution >= 0.6 is 34.8 Å². The molecule has 1 rings (SSSR count). The number of aliphatic hydroxyl groups is 1. The van der Waals surface area contributed by atoms with Crippen molar-refractivity contribution in [3.8, 4) is 0 Å². The van der Waals surface area contributed by atoms with Gasteiger partial charge in [0.25, 0.3) is 0 Å². The van der Waals surface area contributed by atoms with Gasteiger partial charge in [0.05, 0.1) is 0 Å². The summed E-state index contributed by atoms with van der Waals surface area (Å²) in [6.07, 6.45) is -0.806. The lowest BCUT2D eigenvalue weighted by molar-refractivity contribution is 0.178. The van der Waals surface area contributed by atoms with Gasteiger partial charge in [-0.15, -0.1) is 0 Å². The molecule has 0 spiro atoms. The van der Waals surface area contributed by atoms with Crippen molar-refractivity contribution in [2.24, 2.45) is 0 Å². The van der Waals surface area contributed by atoms with Crippen LogP contribution in [0.3, 0.4) is 0 Å². The van der Waals surface area contributed by atoms with Crippen LogP contribution in [-0.4, -0.2) is 20.0 Å². The molecule has 14 heavy (non-hydrogen) atoms. The Morgan fingerprint density at radius 2 is 2.07 bits per heavy atom. The number of halogens is 3. The molecule has 78 valence electrons.